The number of nitrogens with zero attached hydrogens (tertiary/aromatic N) is 2. The van der Waals surface area contributed by atoms with E-state index in [1.807, 2.05) is 32.0 Å². The van der Waals surface area contributed by atoms with Crippen LogP contribution >= 0.6 is 11.5 Å². The number of hydrogen-bond donors (Lipinski definition) is 3. The molecule has 0 radical (unpaired) electrons. The zero-order valence-electron chi connectivity index (χ0n) is 23.1. The Kier molecular flexibility index (Phi) is 8.54. The maximum Gasteiger partial charge on any atom is 0.273 e. The Labute approximate surface area is 238 Å². The van der Waals surface area contributed by atoms with Gasteiger partial charge in [0.05, 0.1) is 12.0 Å². The third kappa shape index (κ3) is 5.91. The van der Waals surface area contributed by atoms with Crippen LogP contribution in [-0.2, 0) is 4.79 Å². The summed E-state index contributed by atoms with van der Waals surface area (Å²) in [6, 6.07) is 8.20. The van der Waals surface area contributed by atoms with Crippen LogP contribution in [0.15, 0.2) is 41.0 Å². The number of nitrogen functional groups attached to an aromatic ring is 1. The monoisotopic (exact) mass is 563 g/mol. The summed E-state index contributed by atoms with van der Waals surface area (Å²) >= 11 is 0.876. The Hall–Kier alpha value is -3.66. The van der Waals surface area contributed by atoms with Crippen molar-refractivity contribution in [3.63, 3.8) is 0 Å². The lowest BCUT2D eigenvalue weighted by Crippen LogP contribution is -2.47. The molecule has 4 N–H and O–H groups in total. The highest BCUT2D eigenvalue weighted by molar-refractivity contribution is 7.09. The number of hydrogen-bond acceptors (Lipinski definition) is 7. The molecule has 9 nitrogen and oxygen atoms in total. The van der Waals surface area contributed by atoms with Gasteiger partial charge in [0.1, 0.15) is 10.6 Å². The van der Waals surface area contributed by atoms with Gasteiger partial charge in [-0.25, -0.2) is 0 Å². The summed E-state index contributed by atoms with van der Waals surface area (Å²) in [5, 5.41) is 6.17. The van der Waals surface area contributed by atoms with E-state index in [1.165, 1.54) is 11.2 Å². The highest BCUT2D eigenvalue weighted by Crippen LogP contribution is 2.36. The molecule has 2 aliphatic carbocycles. The predicted molar refractivity (Wildman–Crippen MR) is 155 cm³/mol. The molecule has 0 spiro atoms. The number of furan rings is 1. The number of carbonyl (C=O) groups is 3. The standard InChI is InChI=1S/C30H37N5O4S/c1-18-14-15-19(2)22(17-18)35(26(23-13-8-16-39-23)29(37)33-21-9-4-3-5-10-21)30(38)27-24(31)25(34-40-27)28(36)32-20-11-6-7-12-20/h8,13-17,20-21,26H,3-7,9-12,31H2,1-2H3,(H,32,36)(H,33,37)/t26-/m0/s1. The molecule has 2 aromatic heterocycles. The molecule has 0 saturated heterocycles. The van der Waals surface area contributed by atoms with Gasteiger partial charge in [0.25, 0.3) is 17.7 Å². The van der Waals surface area contributed by atoms with E-state index < -0.39 is 11.9 Å². The number of nitrogens with one attached hydrogen (secondary N) is 2. The molecule has 5 rings (SSSR count). The molecule has 2 fully saturated rings. The summed E-state index contributed by atoms with van der Waals surface area (Å²) in [5.41, 5.74) is 8.79. The summed E-state index contributed by atoms with van der Waals surface area (Å²) in [7, 11) is 0. The average Bonchev–Trinajstić information content (AvgIpc) is 3.72. The van der Waals surface area contributed by atoms with Crippen molar-refractivity contribution in [1.29, 1.82) is 0 Å². The second-order valence-electron chi connectivity index (χ2n) is 11.0. The summed E-state index contributed by atoms with van der Waals surface area (Å²) in [4.78, 5) is 42.9. The molecule has 1 atom stereocenters. The largest absolute Gasteiger partial charge is 0.467 e. The van der Waals surface area contributed by atoms with Gasteiger partial charge in [-0.15, -0.1) is 0 Å². The second-order valence-corrected chi connectivity index (χ2v) is 11.7. The van der Waals surface area contributed by atoms with Crippen molar-refractivity contribution < 1.29 is 18.8 Å². The zero-order valence-corrected chi connectivity index (χ0v) is 23.9. The lowest BCUT2D eigenvalue weighted by molar-refractivity contribution is -0.123. The zero-order chi connectivity index (χ0) is 28.2. The lowest BCUT2D eigenvalue weighted by atomic mass is 9.95. The molecule has 0 unspecified atom stereocenters. The predicted octanol–water partition coefficient (Wildman–Crippen LogP) is 5.44. The number of anilines is 2. The summed E-state index contributed by atoms with van der Waals surface area (Å²) < 4.78 is 10.0. The second kappa shape index (κ2) is 12.2. The Balaban J connectivity index is 1.54. The van der Waals surface area contributed by atoms with Crippen molar-refractivity contribution in [3.05, 3.63) is 64.1 Å². The highest BCUT2D eigenvalue weighted by atomic mass is 32.1. The maximum absolute atomic E-state index is 14.4. The van der Waals surface area contributed by atoms with Crippen LogP contribution in [0.25, 0.3) is 0 Å². The molecule has 40 heavy (non-hydrogen) atoms. The smallest absolute Gasteiger partial charge is 0.273 e. The van der Waals surface area contributed by atoms with Gasteiger partial charge in [0, 0.05) is 17.8 Å². The van der Waals surface area contributed by atoms with Gasteiger partial charge < -0.3 is 20.8 Å². The van der Waals surface area contributed by atoms with Gasteiger partial charge in [-0.2, -0.15) is 4.37 Å². The van der Waals surface area contributed by atoms with Crippen LogP contribution in [0, 0.1) is 13.8 Å². The van der Waals surface area contributed by atoms with Gasteiger partial charge in [-0.3, -0.25) is 19.3 Å². The molecule has 3 aromatic rings. The summed E-state index contributed by atoms with van der Waals surface area (Å²) in [6.07, 6.45) is 10.5. The fraction of sp³-hybridized carbons (Fsp3) is 0.467. The minimum atomic E-state index is -1.08. The first-order chi connectivity index (χ1) is 19.3. The van der Waals surface area contributed by atoms with E-state index in [2.05, 4.69) is 15.0 Å². The van der Waals surface area contributed by atoms with Crippen molar-refractivity contribution in [2.75, 3.05) is 10.6 Å². The number of nitrogens with two attached hydrogens (primary N) is 1. The van der Waals surface area contributed by atoms with Gasteiger partial charge in [-0.1, -0.05) is 44.2 Å². The van der Waals surface area contributed by atoms with E-state index in [0.717, 1.165) is 80.4 Å². The normalized spacial score (nSPS) is 16.9. The first-order valence-electron chi connectivity index (χ1n) is 14.1. The Morgan fingerprint density at radius 1 is 1.00 bits per heavy atom. The Morgan fingerprint density at radius 2 is 1.68 bits per heavy atom. The van der Waals surface area contributed by atoms with Crippen molar-refractivity contribution in [3.8, 4) is 0 Å². The first-order valence-corrected chi connectivity index (χ1v) is 14.9. The quantitative estimate of drug-likeness (QED) is 0.334. The van der Waals surface area contributed by atoms with Crippen LogP contribution in [-0.4, -0.2) is 34.2 Å². The average molecular weight is 564 g/mol. The SMILES string of the molecule is Cc1ccc(C)c(N(C(=O)c2snc(C(=O)NC3CCCC3)c2N)[C@H](C(=O)NC2CCCCC2)c2ccco2)c1. The van der Waals surface area contributed by atoms with Crippen molar-refractivity contribution in [2.45, 2.75) is 89.8 Å². The first kappa shape index (κ1) is 27.9. The van der Waals surface area contributed by atoms with Gasteiger partial charge in [0.15, 0.2) is 11.7 Å². The Morgan fingerprint density at radius 3 is 2.35 bits per heavy atom. The van der Waals surface area contributed by atoms with E-state index in [1.54, 1.807) is 12.1 Å². The van der Waals surface area contributed by atoms with Gasteiger partial charge in [0.2, 0.25) is 0 Å². The summed E-state index contributed by atoms with van der Waals surface area (Å²) in [5.74, 6) is -0.873. The van der Waals surface area contributed by atoms with Crippen molar-refractivity contribution in [2.24, 2.45) is 0 Å². The van der Waals surface area contributed by atoms with E-state index >= 15 is 0 Å². The van der Waals surface area contributed by atoms with E-state index in [-0.39, 0.29) is 40.2 Å². The van der Waals surface area contributed by atoms with Crippen LogP contribution in [0.1, 0.15) is 101 Å². The third-order valence-electron chi connectivity index (χ3n) is 7.94. The van der Waals surface area contributed by atoms with Crippen LogP contribution < -0.4 is 21.3 Å². The molecule has 0 aliphatic heterocycles. The molecule has 2 saturated carbocycles. The van der Waals surface area contributed by atoms with Gasteiger partial charge in [-0.05, 0) is 80.4 Å². The molecule has 10 heteroatoms. The van der Waals surface area contributed by atoms with Crippen LogP contribution in [0.5, 0.6) is 0 Å². The minimum Gasteiger partial charge on any atom is -0.467 e. The molecule has 2 aliphatic rings. The molecule has 3 amide bonds. The number of amides is 3. The maximum atomic E-state index is 14.4. The molecular weight excluding hydrogens is 526 g/mol. The summed E-state index contributed by atoms with van der Waals surface area (Å²) in [6.45, 7) is 3.83. The number of carbonyl (C=O) groups excluding carboxylic acids is 3. The molecular formula is C30H37N5O4S. The fourth-order valence-corrected chi connectivity index (χ4v) is 6.48. The number of rotatable bonds is 8. The Bertz CT molecular complexity index is 1360. The molecule has 0 bridgehead atoms. The van der Waals surface area contributed by atoms with E-state index in [9.17, 15) is 14.4 Å². The molecule has 1 aromatic carbocycles. The highest BCUT2D eigenvalue weighted by Gasteiger charge is 2.39. The topological polar surface area (TPSA) is 131 Å². The third-order valence-corrected chi connectivity index (χ3v) is 8.79. The molecule has 212 valence electrons. The minimum absolute atomic E-state index is 0.0201. The molecule has 2 heterocycles. The van der Waals surface area contributed by atoms with Crippen LogP contribution in [0.4, 0.5) is 11.4 Å². The fourth-order valence-electron chi connectivity index (χ4n) is 5.74. The van der Waals surface area contributed by atoms with Gasteiger partial charge >= 0.3 is 0 Å². The van der Waals surface area contributed by atoms with Crippen LogP contribution in [0.2, 0.25) is 0 Å². The number of aromatic nitrogens is 1. The van der Waals surface area contributed by atoms with E-state index in [4.69, 9.17) is 10.2 Å². The van der Waals surface area contributed by atoms with Crippen molar-refractivity contribution in [1.82, 2.24) is 15.0 Å². The number of benzene rings is 1. The van der Waals surface area contributed by atoms with Crippen molar-refractivity contribution >= 4 is 40.6 Å². The lowest BCUT2D eigenvalue weighted by Gasteiger charge is -2.33. The van der Waals surface area contributed by atoms with E-state index in [0.29, 0.717) is 11.4 Å². The number of aryl methyl sites for hydroxylation is 2. The van der Waals surface area contributed by atoms with Crippen LogP contribution in [0.3, 0.4) is 0 Å².